The van der Waals surface area contributed by atoms with Gasteiger partial charge in [-0.1, -0.05) is 0 Å². The van der Waals surface area contributed by atoms with E-state index in [4.69, 9.17) is 4.42 Å². The van der Waals surface area contributed by atoms with Gasteiger partial charge in [0.2, 0.25) is 12.3 Å². The van der Waals surface area contributed by atoms with Crippen LogP contribution in [0.2, 0.25) is 0 Å². The van der Waals surface area contributed by atoms with E-state index in [-0.39, 0.29) is 12.2 Å². The van der Waals surface area contributed by atoms with E-state index in [1.54, 1.807) is 0 Å². The molecule has 0 aliphatic rings. The van der Waals surface area contributed by atoms with E-state index in [1.807, 2.05) is 0 Å². The Hall–Kier alpha value is -1.19. The number of hydrogen-bond acceptors (Lipinski definition) is 4. The fourth-order valence-corrected chi connectivity index (χ4v) is 0.486. The number of nitrogens with zero attached hydrogens (tertiary/aromatic N) is 2. The minimum Gasteiger partial charge on any atom is -0.428 e. The molecule has 0 saturated carbocycles. The summed E-state index contributed by atoms with van der Waals surface area (Å²) >= 11 is 0. The molecule has 0 aliphatic heterocycles. The Morgan fingerprint density at radius 3 is 3.11 bits per heavy atom. The van der Waals surface area contributed by atoms with Crippen molar-refractivity contribution in [3.05, 3.63) is 12.3 Å². The first-order valence-electron chi connectivity index (χ1n) is 2.53. The smallest absolute Gasteiger partial charge is 0.223 e. The minimum absolute atomic E-state index is 0.0271. The second-order valence-corrected chi connectivity index (χ2v) is 1.71. The Morgan fingerprint density at radius 2 is 2.67 bits per heavy atom. The van der Waals surface area contributed by atoms with Gasteiger partial charge in [-0.2, -0.15) is 0 Å². The van der Waals surface area contributed by atoms with Crippen molar-refractivity contribution in [2.75, 3.05) is 0 Å². The van der Waals surface area contributed by atoms with Gasteiger partial charge >= 0.3 is 0 Å². The summed E-state index contributed by atoms with van der Waals surface area (Å²) in [7, 11) is 0. The van der Waals surface area contributed by atoms with Crippen molar-refractivity contribution in [1.82, 2.24) is 10.2 Å². The lowest BCUT2D eigenvalue weighted by molar-refractivity contribution is -0.116. The number of carbonyl (C=O) groups excluding carboxylic acids is 1. The van der Waals surface area contributed by atoms with Crippen molar-refractivity contribution in [2.24, 2.45) is 0 Å². The normalized spacial score (nSPS) is 9.44. The summed E-state index contributed by atoms with van der Waals surface area (Å²) in [4.78, 5) is 10.4. The molecule has 0 atom stereocenters. The van der Waals surface area contributed by atoms with Crippen LogP contribution in [0.25, 0.3) is 0 Å². The van der Waals surface area contributed by atoms with Crippen molar-refractivity contribution < 1.29 is 9.21 Å². The molecule has 4 heteroatoms. The number of aromatic nitrogens is 2. The van der Waals surface area contributed by atoms with Gasteiger partial charge in [0.1, 0.15) is 5.78 Å². The van der Waals surface area contributed by atoms with Gasteiger partial charge in [-0.25, -0.2) is 0 Å². The standard InChI is InChI=1S/C5H6N2O2/c1-4(8)2-5-7-6-3-9-5/h3H,2H2,1H3. The van der Waals surface area contributed by atoms with Crippen LogP contribution >= 0.6 is 0 Å². The fourth-order valence-electron chi connectivity index (χ4n) is 0.486. The molecular weight excluding hydrogens is 120 g/mol. The maximum atomic E-state index is 10.4. The van der Waals surface area contributed by atoms with Crippen LogP contribution < -0.4 is 0 Å². The third-order valence-electron chi connectivity index (χ3n) is 0.805. The molecule has 0 aliphatic carbocycles. The highest BCUT2D eigenvalue weighted by molar-refractivity contribution is 5.77. The summed E-state index contributed by atoms with van der Waals surface area (Å²) in [6, 6.07) is 0. The molecule has 0 amide bonds. The van der Waals surface area contributed by atoms with E-state index < -0.39 is 0 Å². The van der Waals surface area contributed by atoms with E-state index >= 15 is 0 Å². The number of hydrogen-bond donors (Lipinski definition) is 0. The first kappa shape index (κ1) is 5.94. The predicted molar refractivity (Wildman–Crippen MR) is 28.7 cm³/mol. The summed E-state index contributed by atoms with van der Waals surface area (Å²) in [5.41, 5.74) is 0. The number of carbonyl (C=O) groups is 1. The van der Waals surface area contributed by atoms with E-state index in [0.717, 1.165) is 0 Å². The van der Waals surface area contributed by atoms with Crippen LogP contribution in [0.4, 0.5) is 0 Å². The topological polar surface area (TPSA) is 56.0 Å². The van der Waals surface area contributed by atoms with E-state index in [1.165, 1.54) is 13.3 Å². The van der Waals surface area contributed by atoms with Crippen molar-refractivity contribution >= 4 is 5.78 Å². The van der Waals surface area contributed by atoms with Crippen LogP contribution in [0.1, 0.15) is 12.8 Å². The summed E-state index contributed by atoms with van der Waals surface area (Å²) in [5.74, 6) is 0.404. The quantitative estimate of drug-likeness (QED) is 0.568. The molecule has 1 aromatic rings. The van der Waals surface area contributed by atoms with Crippen LogP contribution in [0.15, 0.2) is 10.8 Å². The number of Topliss-reactive ketones (excluding diaryl/α,β-unsaturated/α-hetero) is 1. The van der Waals surface area contributed by atoms with Gasteiger partial charge in [-0.05, 0) is 6.92 Å². The van der Waals surface area contributed by atoms with E-state index in [2.05, 4.69) is 10.2 Å². The Kier molecular flexibility index (Phi) is 1.58. The first-order valence-corrected chi connectivity index (χ1v) is 2.53. The molecule has 0 fully saturated rings. The molecule has 9 heavy (non-hydrogen) atoms. The molecule has 48 valence electrons. The fraction of sp³-hybridized carbons (Fsp3) is 0.400. The Balaban J connectivity index is 2.58. The van der Waals surface area contributed by atoms with Crippen LogP contribution in [0.3, 0.4) is 0 Å². The Morgan fingerprint density at radius 1 is 1.89 bits per heavy atom. The van der Waals surface area contributed by atoms with Gasteiger partial charge in [0.15, 0.2) is 0 Å². The van der Waals surface area contributed by atoms with Crippen molar-refractivity contribution in [3.8, 4) is 0 Å². The van der Waals surface area contributed by atoms with Gasteiger partial charge < -0.3 is 4.42 Å². The maximum Gasteiger partial charge on any atom is 0.223 e. The van der Waals surface area contributed by atoms with Crippen molar-refractivity contribution in [3.63, 3.8) is 0 Å². The lowest BCUT2D eigenvalue weighted by Gasteiger charge is -1.82. The predicted octanol–water partition coefficient (Wildman–Crippen LogP) is 0.201. The highest BCUT2D eigenvalue weighted by atomic mass is 16.4. The molecule has 0 aromatic carbocycles. The van der Waals surface area contributed by atoms with Crippen LogP contribution in [-0.2, 0) is 11.2 Å². The SMILES string of the molecule is CC(=O)Cc1nnco1. The average Bonchev–Trinajstić information content (AvgIpc) is 2.15. The number of rotatable bonds is 2. The second kappa shape index (κ2) is 2.39. The summed E-state index contributed by atoms with van der Waals surface area (Å²) in [6.45, 7) is 1.48. The zero-order chi connectivity index (χ0) is 6.69. The van der Waals surface area contributed by atoms with Crippen LogP contribution in [0.5, 0.6) is 0 Å². The Labute approximate surface area is 51.9 Å². The second-order valence-electron chi connectivity index (χ2n) is 1.71. The third kappa shape index (κ3) is 1.64. The van der Waals surface area contributed by atoms with Gasteiger partial charge in [0, 0.05) is 0 Å². The molecule has 0 saturated heterocycles. The van der Waals surface area contributed by atoms with E-state index in [9.17, 15) is 4.79 Å². The Bertz CT molecular complexity index is 193. The lowest BCUT2D eigenvalue weighted by Crippen LogP contribution is -1.95. The van der Waals surface area contributed by atoms with Gasteiger partial charge in [-0.3, -0.25) is 4.79 Å². The molecule has 1 heterocycles. The third-order valence-corrected chi connectivity index (χ3v) is 0.805. The molecule has 0 radical (unpaired) electrons. The maximum absolute atomic E-state index is 10.4. The van der Waals surface area contributed by atoms with Crippen molar-refractivity contribution in [1.29, 1.82) is 0 Å². The average molecular weight is 126 g/mol. The van der Waals surface area contributed by atoms with Gasteiger partial charge in [0.25, 0.3) is 0 Å². The molecule has 4 nitrogen and oxygen atoms in total. The summed E-state index contributed by atoms with van der Waals surface area (Å²) in [5, 5.41) is 6.93. The molecule has 1 aromatic heterocycles. The largest absolute Gasteiger partial charge is 0.428 e. The monoisotopic (exact) mass is 126 g/mol. The molecule has 1 rings (SSSR count). The van der Waals surface area contributed by atoms with Gasteiger partial charge in [-0.15, -0.1) is 10.2 Å². The van der Waals surface area contributed by atoms with Crippen LogP contribution in [-0.4, -0.2) is 16.0 Å². The lowest BCUT2D eigenvalue weighted by atomic mass is 10.3. The van der Waals surface area contributed by atoms with Crippen molar-refractivity contribution in [2.45, 2.75) is 13.3 Å². The summed E-state index contributed by atoms with van der Waals surface area (Å²) in [6.07, 6.45) is 1.44. The molecule has 0 spiro atoms. The molecule has 0 bridgehead atoms. The molecule has 0 unspecified atom stereocenters. The molecule has 0 N–H and O–H groups in total. The van der Waals surface area contributed by atoms with Crippen LogP contribution in [0, 0.1) is 0 Å². The minimum atomic E-state index is 0.0271. The zero-order valence-electron chi connectivity index (χ0n) is 5.00. The number of ketones is 1. The summed E-state index contributed by atoms with van der Waals surface area (Å²) < 4.78 is 4.70. The van der Waals surface area contributed by atoms with Gasteiger partial charge in [0.05, 0.1) is 6.42 Å². The zero-order valence-corrected chi connectivity index (χ0v) is 5.00. The molecular formula is C5H6N2O2. The van der Waals surface area contributed by atoms with E-state index in [0.29, 0.717) is 5.89 Å². The highest BCUT2D eigenvalue weighted by Crippen LogP contribution is 1.92. The highest BCUT2D eigenvalue weighted by Gasteiger charge is 2.00. The first-order chi connectivity index (χ1) is 4.29.